The Kier molecular flexibility index (Phi) is 8.86. The summed E-state index contributed by atoms with van der Waals surface area (Å²) >= 11 is 0. The van der Waals surface area contributed by atoms with Crippen molar-refractivity contribution in [2.24, 2.45) is 0 Å². The van der Waals surface area contributed by atoms with Crippen molar-refractivity contribution in [3.05, 3.63) is 113 Å². The van der Waals surface area contributed by atoms with E-state index in [0.29, 0.717) is 61.4 Å². The molecule has 0 unspecified atom stereocenters. The Morgan fingerprint density at radius 2 is 1.10 bits per heavy atom. The van der Waals surface area contributed by atoms with Crippen molar-refractivity contribution in [3.63, 3.8) is 0 Å². The van der Waals surface area contributed by atoms with E-state index in [1.54, 1.807) is 24.3 Å². The normalized spacial score (nSPS) is 15.0. The Morgan fingerprint density at radius 3 is 1.54 bits per heavy atom. The average molecular weight is 561 g/mol. The van der Waals surface area contributed by atoms with Gasteiger partial charge in [-0.2, -0.15) is 0 Å². The number of ether oxygens (including phenoxy) is 5. The van der Waals surface area contributed by atoms with Gasteiger partial charge in [-0.25, -0.2) is 8.78 Å². The Balaban J connectivity index is 1.39. The monoisotopic (exact) mass is 560 g/mol. The molecule has 0 amide bonds. The lowest BCUT2D eigenvalue weighted by Crippen LogP contribution is -2.42. The molecule has 0 aromatic heterocycles. The van der Waals surface area contributed by atoms with Gasteiger partial charge in [0.25, 0.3) is 0 Å². The maximum absolute atomic E-state index is 13.7. The second kappa shape index (κ2) is 12.7. The molecule has 41 heavy (non-hydrogen) atoms. The van der Waals surface area contributed by atoms with E-state index in [1.807, 2.05) is 32.9 Å². The first-order valence-corrected chi connectivity index (χ1v) is 13.9. The van der Waals surface area contributed by atoms with Gasteiger partial charge < -0.3 is 23.7 Å². The van der Waals surface area contributed by atoms with Crippen LogP contribution in [0, 0.1) is 11.6 Å². The minimum atomic E-state index is -1.26. The van der Waals surface area contributed by atoms with Crippen molar-refractivity contribution in [3.8, 4) is 28.4 Å². The highest BCUT2D eigenvalue weighted by atomic mass is 19.1. The van der Waals surface area contributed by atoms with Crippen LogP contribution in [0.1, 0.15) is 43.4 Å². The molecule has 1 aliphatic heterocycles. The lowest BCUT2D eigenvalue weighted by atomic mass is 9.92. The summed E-state index contributed by atoms with van der Waals surface area (Å²) in [5.74, 6) is -0.101. The summed E-state index contributed by atoms with van der Waals surface area (Å²) in [7, 11) is 0. The average Bonchev–Trinajstić information content (AvgIpc) is 3.00. The third-order valence-corrected chi connectivity index (χ3v) is 7.05. The molecule has 0 saturated carbocycles. The molecule has 214 valence electrons. The van der Waals surface area contributed by atoms with Gasteiger partial charge in [0, 0.05) is 17.0 Å². The van der Waals surface area contributed by atoms with Gasteiger partial charge in [-0.1, -0.05) is 48.5 Å². The zero-order valence-corrected chi connectivity index (χ0v) is 23.5. The van der Waals surface area contributed by atoms with Crippen LogP contribution in [0.5, 0.6) is 17.2 Å². The maximum atomic E-state index is 13.7. The number of benzene rings is 4. The minimum Gasteiger partial charge on any atom is -0.490 e. The lowest BCUT2D eigenvalue weighted by Gasteiger charge is -2.41. The fraction of sp³-hybridized carbons (Fsp3) is 0.294. The molecular formula is C34H34F2O5. The van der Waals surface area contributed by atoms with Gasteiger partial charge in [-0.3, -0.25) is 0 Å². The molecular weight excluding hydrogens is 526 g/mol. The van der Waals surface area contributed by atoms with Gasteiger partial charge in [0.05, 0.1) is 33.0 Å². The third-order valence-electron chi connectivity index (χ3n) is 7.05. The van der Waals surface area contributed by atoms with Gasteiger partial charge in [0.1, 0.15) is 11.6 Å². The minimum absolute atomic E-state index is 0.0311. The van der Waals surface area contributed by atoms with Crippen LogP contribution in [0.4, 0.5) is 8.78 Å². The summed E-state index contributed by atoms with van der Waals surface area (Å²) in [5.41, 5.74) is 4.30. The molecule has 0 bridgehead atoms. The Bertz CT molecular complexity index is 1350. The number of hydrogen-bond acceptors (Lipinski definition) is 5. The van der Waals surface area contributed by atoms with E-state index < -0.39 is 5.79 Å². The molecule has 4 aromatic rings. The van der Waals surface area contributed by atoms with Gasteiger partial charge >= 0.3 is 0 Å². The fourth-order valence-corrected chi connectivity index (χ4v) is 5.06. The van der Waals surface area contributed by atoms with Gasteiger partial charge in [-0.05, 0) is 73.9 Å². The Labute approximate surface area is 239 Å². The van der Waals surface area contributed by atoms with Crippen molar-refractivity contribution in [1.29, 1.82) is 0 Å². The highest BCUT2D eigenvalue weighted by Crippen LogP contribution is 2.43. The molecule has 0 atom stereocenters. The van der Waals surface area contributed by atoms with Crippen LogP contribution in [0.25, 0.3) is 11.1 Å². The van der Waals surface area contributed by atoms with E-state index in [0.717, 1.165) is 16.7 Å². The molecule has 1 fully saturated rings. The van der Waals surface area contributed by atoms with E-state index in [2.05, 4.69) is 24.3 Å². The molecule has 1 aliphatic rings. The summed E-state index contributed by atoms with van der Waals surface area (Å²) in [6.07, 6.45) is 0. The maximum Gasteiger partial charge on any atom is 0.222 e. The predicted octanol–water partition coefficient (Wildman–Crippen LogP) is 7.86. The first-order chi connectivity index (χ1) is 20.0. The van der Waals surface area contributed by atoms with E-state index in [1.165, 1.54) is 24.3 Å². The van der Waals surface area contributed by atoms with Gasteiger partial charge in [-0.15, -0.1) is 0 Å². The largest absolute Gasteiger partial charge is 0.490 e. The van der Waals surface area contributed by atoms with E-state index in [-0.39, 0.29) is 17.6 Å². The summed E-state index contributed by atoms with van der Waals surface area (Å²) in [4.78, 5) is 0. The molecule has 7 heteroatoms. The quantitative estimate of drug-likeness (QED) is 0.198. The Hall–Kier alpha value is -3.94. The molecule has 5 rings (SSSR count). The summed E-state index contributed by atoms with van der Waals surface area (Å²) < 4.78 is 57.8. The van der Waals surface area contributed by atoms with Crippen LogP contribution in [0.3, 0.4) is 0 Å². The van der Waals surface area contributed by atoms with Gasteiger partial charge in [0.15, 0.2) is 11.5 Å². The van der Waals surface area contributed by atoms with Crippen molar-refractivity contribution in [2.75, 3.05) is 33.0 Å². The molecule has 4 aromatic carbocycles. The third kappa shape index (κ3) is 6.06. The first kappa shape index (κ1) is 28.6. The molecule has 1 heterocycles. The smallest absolute Gasteiger partial charge is 0.222 e. The Morgan fingerprint density at radius 1 is 0.634 bits per heavy atom. The zero-order valence-electron chi connectivity index (χ0n) is 23.5. The molecule has 0 aliphatic carbocycles. The molecule has 5 nitrogen and oxygen atoms in total. The van der Waals surface area contributed by atoms with Crippen LogP contribution in [-0.2, 0) is 15.3 Å². The second-order valence-corrected chi connectivity index (χ2v) is 9.67. The van der Waals surface area contributed by atoms with Crippen LogP contribution in [-0.4, -0.2) is 33.0 Å². The van der Waals surface area contributed by atoms with Crippen molar-refractivity contribution < 1.29 is 32.5 Å². The van der Waals surface area contributed by atoms with Crippen molar-refractivity contribution in [2.45, 2.75) is 32.5 Å². The highest BCUT2D eigenvalue weighted by molar-refractivity contribution is 5.71. The van der Waals surface area contributed by atoms with Crippen molar-refractivity contribution >= 4 is 0 Å². The van der Waals surface area contributed by atoms with Crippen LogP contribution in [0.2, 0.25) is 0 Å². The van der Waals surface area contributed by atoms with E-state index in [4.69, 9.17) is 23.7 Å². The summed E-state index contributed by atoms with van der Waals surface area (Å²) in [5, 5.41) is 0. The van der Waals surface area contributed by atoms with Crippen molar-refractivity contribution in [1.82, 2.24) is 0 Å². The SMILES string of the molecule is CCOc1cc(-c2ccc(C3COC(c4ccc(F)cc4)(c4ccc(F)cc4)OC3)cc2)cc(OCC)c1OCC. The molecule has 0 radical (unpaired) electrons. The standard InChI is InChI=1S/C34H34F2O5/c1-4-37-31-19-25(20-32(38-5-2)33(31)39-6-3)23-7-9-24(10-8-23)26-21-40-34(41-22-26,27-11-15-29(35)16-12-27)28-13-17-30(36)18-14-28/h7-20,26H,4-6,21-22H2,1-3H3. The highest BCUT2D eigenvalue weighted by Gasteiger charge is 2.41. The fourth-order valence-electron chi connectivity index (χ4n) is 5.06. The first-order valence-electron chi connectivity index (χ1n) is 13.9. The van der Waals surface area contributed by atoms with Crippen LogP contribution >= 0.6 is 0 Å². The van der Waals surface area contributed by atoms with Gasteiger partial charge in [0.2, 0.25) is 11.5 Å². The summed E-state index contributed by atoms with van der Waals surface area (Å²) in [6, 6.07) is 24.2. The van der Waals surface area contributed by atoms with Crippen LogP contribution in [0.15, 0.2) is 84.9 Å². The summed E-state index contributed by atoms with van der Waals surface area (Å²) in [6.45, 7) is 8.04. The molecule has 0 spiro atoms. The predicted molar refractivity (Wildman–Crippen MR) is 154 cm³/mol. The van der Waals surface area contributed by atoms with E-state index >= 15 is 0 Å². The second-order valence-electron chi connectivity index (χ2n) is 9.67. The van der Waals surface area contributed by atoms with E-state index in [9.17, 15) is 8.78 Å². The molecule has 0 N–H and O–H groups in total. The zero-order chi connectivity index (χ0) is 28.8. The van der Waals surface area contributed by atoms with Crippen LogP contribution < -0.4 is 14.2 Å². The lowest BCUT2D eigenvalue weighted by molar-refractivity contribution is -0.256. The number of halogens is 2. The topological polar surface area (TPSA) is 46.2 Å². The molecule has 1 saturated heterocycles. The number of hydrogen-bond donors (Lipinski definition) is 0. The number of rotatable bonds is 10.